The van der Waals surface area contributed by atoms with Gasteiger partial charge >= 0.3 is 39.6 Å². The zero-order valence-electron chi connectivity index (χ0n) is 19.0. The van der Waals surface area contributed by atoms with Gasteiger partial charge in [-0.25, -0.2) is 0 Å². The summed E-state index contributed by atoms with van der Waals surface area (Å²) in [5.74, 6) is 2.83. The molecule has 8 heteroatoms. The standard InChI is InChI=1S/C12H15BrO2.C12H16O2.CH4.2BrH.Cu/c1-9(2)8-15-11-5-3-10(4-6-11)12(14)7-13;1-9(2)8-14-12-6-4-11(5-7-12)10(3)13;;;;/h3-6,9H,7-8H2,1-2H3;4-7,9H,8H2,1-3H3;1H4;2*1H;/q;;;;;+2/p-2. The Balaban J connectivity index is 0. The van der Waals surface area contributed by atoms with Crippen molar-refractivity contribution in [1.82, 2.24) is 0 Å². The molecule has 2 rings (SSSR count). The number of benzene rings is 2. The van der Waals surface area contributed by atoms with Crippen molar-refractivity contribution in [3.8, 4) is 11.5 Å². The molecule has 0 aliphatic carbocycles. The zero-order valence-corrected chi connectivity index (χ0v) is 24.7. The molecule has 0 aliphatic heterocycles. The van der Waals surface area contributed by atoms with Gasteiger partial charge in [-0.15, -0.1) is 0 Å². The Kier molecular flexibility index (Phi) is 21.6. The van der Waals surface area contributed by atoms with E-state index in [2.05, 4.69) is 71.8 Å². The van der Waals surface area contributed by atoms with E-state index in [-0.39, 0.29) is 19.0 Å². The first kappa shape index (κ1) is 34.5. The topological polar surface area (TPSA) is 52.6 Å². The molecule has 0 amide bonds. The molecule has 0 heterocycles. The average molecular weight is 703 g/mol. The molecule has 4 nitrogen and oxygen atoms in total. The van der Waals surface area contributed by atoms with Crippen LogP contribution in [0, 0.1) is 11.8 Å². The zero-order chi connectivity index (χ0) is 24.5. The molecule has 33 heavy (non-hydrogen) atoms. The van der Waals surface area contributed by atoms with Crippen LogP contribution in [0.2, 0.25) is 0 Å². The Morgan fingerprint density at radius 3 is 1.39 bits per heavy atom. The normalized spacial score (nSPS) is 9.76. The van der Waals surface area contributed by atoms with Gasteiger partial charge in [0.05, 0.1) is 18.5 Å². The third-order valence-corrected chi connectivity index (χ3v) is 4.23. The van der Waals surface area contributed by atoms with E-state index < -0.39 is 0 Å². The minimum absolute atomic E-state index is 0. The van der Waals surface area contributed by atoms with Crippen LogP contribution in [0.1, 0.15) is 62.8 Å². The van der Waals surface area contributed by atoms with Crippen molar-refractivity contribution in [1.29, 1.82) is 0 Å². The third-order valence-electron chi connectivity index (χ3n) is 3.73. The van der Waals surface area contributed by atoms with Crippen LogP contribution in [0.4, 0.5) is 0 Å². The van der Waals surface area contributed by atoms with Crippen molar-refractivity contribution in [3.63, 3.8) is 0 Å². The summed E-state index contributed by atoms with van der Waals surface area (Å²) in [5, 5.41) is 0.360. The molecule has 2 aromatic carbocycles. The van der Waals surface area contributed by atoms with E-state index >= 15 is 0 Å². The number of alkyl halides is 1. The third kappa shape index (κ3) is 17.4. The van der Waals surface area contributed by atoms with E-state index in [1.165, 1.54) is 11.3 Å². The van der Waals surface area contributed by atoms with Crippen molar-refractivity contribution in [2.75, 3.05) is 18.5 Å². The summed E-state index contributed by atoms with van der Waals surface area (Å²) in [6, 6.07) is 14.5. The number of ketones is 2. The maximum absolute atomic E-state index is 11.3. The number of carbonyl (C=O) groups is 2. The number of hydrogen-bond donors (Lipinski definition) is 0. The maximum atomic E-state index is 11.3. The van der Waals surface area contributed by atoms with E-state index in [0.29, 0.717) is 35.9 Å². The first-order valence-electron chi connectivity index (χ1n) is 10.0. The molecule has 191 valence electrons. The monoisotopic (exact) mass is 699 g/mol. The van der Waals surface area contributed by atoms with Gasteiger partial charge in [0.15, 0.2) is 11.6 Å². The van der Waals surface area contributed by atoms with E-state index in [1.54, 1.807) is 31.2 Å². The quantitative estimate of drug-likeness (QED) is 0.149. The SMILES string of the molecule is C.CC(=O)c1ccc(OCC(C)C)cc1.CC(C)COc1ccc(C(=O)CBr)cc1.[Br][Cu][Br]. The van der Waals surface area contributed by atoms with Crippen molar-refractivity contribution in [2.45, 2.75) is 42.0 Å². The number of Topliss-reactive ketones (excluding diaryl/α,β-unsaturated/α-hetero) is 2. The summed E-state index contributed by atoms with van der Waals surface area (Å²) >= 11 is 10.5. The second kappa shape index (κ2) is 20.7. The predicted octanol–water partition coefficient (Wildman–Crippen LogP) is 8.55. The van der Waals surface area contributed by atoms with Gasteiger partial charge in [-0.1, -0.05) is 51.1 Å². The number of rotatable bonds is 9. The minimum atomic E-state index is 0. The summed E-state index contributed by atoms with van der Waals surface area (Å²) in [5.41, 5.74) is 1.44. The van der Waals surface area contributed by atoms with Crippen LogP contribution >= 0.6 is 44.2 Å². The van der Waals surface area contributed by atoms with Gasteiger partial charge < -0.3 is 9.47 Å². The molecule has 0 spiro atoms. The van der Waals surface area contributed by atoms with Gasteiger partial charge in [0.25, 0.3) is 0 Å². The fourth-order valence-electron chi connectivity index (χ4n) is 2.13. The second-order valence-corrected chi connectivity index (χ2v) is 12.9. The van der Waals surface area contributed by atoms with Crippen LogP contribution in [0.5, 0.6) is 11.5 Å². The first-order chi connectivity index (χ1) is 15.1. The average Bonchev–Trinajstić information content (AvgIpc) is 2.77. The molecule has 0 atom stereocenters. The molecule has 0 aromatic heterocycles. The Hall–Kier alpha value is -0.661. The van der Waals surface area contributed by atoms with Crippen LogP contribution in [0.15, 0.2) is 48.5 Å². The molecule has 0 saturated carbocycles. The number of hydrogen-bond acceptors (Lipinski definition) is 4. The molecule has 0 unspecified atom stereocenters. The number of carbonyl (C=O) groups excluding carboxylic acids is 2. The molecule has 0 N–H and O–H groups in total. The Bertz CT molecular complexity index is 779. The molecular weight excluding hydrogens is 668 g/mol. The van der Waals surface area contributed by atoms with Gasteiger partial charge in [-0.05, 0) is 67.3 Å². The summed E-state index contributed by atoms with van der Waals surface area (Å²) in [6.45, 7) is 11.4. The van der Waals surface area contributed by atoms with Gasteiger partial charge in [0.2, 0.25) is 0 Å². The van der Waals surface area contributed by atoms with E-state index in [1.807, 2.05) is 24.3 Å². The second-order valence-electron chi connectivity index (χ2n) is 7.61. The summed E-state index contributed by atoms with van der Waals surface area (Å²) in [7, 11) is 0. The Morgan fingerprint density at radius 2 is 1.12 bits per heavy atom. The summed E-state index contributed by atoms with van der Waals surface area (Å²) in [6.07, 6.45) is 0. The van der Waals surface area contributed by atoms with Crippen molar-refractivity contribution >= 4 is 55.7 Å². The van der Waals surface area contributed by atoms with Crippen molar-refractivity contribution in [2.24, 2.45) is 11.8 Å². The fourth-order valence-corrected chi connectivity index (χ4v) is 2.45. The van der Waals surface area contributed by atoms with Gasteiger partial charge in [-0.2, -0.15) is 0 Å². The van der Waals surface area contributed by atoms with E-state index in [0.717, 1.165) is 17.1 Å². The van der Waals surface area contributed by atoms with Crippen molar-refractivity contribution in [3.05, 3.63) is 59.7 Å². The fraction of sp³-hybridized carbons (Fsp3) is 0.440. The molecule has 2 aromatic rings. The van der Waals surface area contributed by atoms with Crippen LogP contribution in [-0.2, 0) is 11.3 Å². The molecule has 0 aliphatic rings. The van der Waals surface area contributed by atoms with Crippen molar-refractivity contribution < 1.29 is 30.4 Å². The first-order valence-corrected chi connectivity index (χ1v) is 15.8. The predicted molar refractivity (Wildman–Crippen MR) is 146 cm³/mol. The summed E-state index contributed by atoms with van der Waals surface area (Å²) in [4.78, 5) is 22.3. The van der Waals surface area contributed by atoms with Crippen LogP contribution in [0.3, 0.4) is 0 Å². The molecule has 0 fully saturated rings. The molecule has 0 radical (unpaired) electrons. The van der Waals surface area contributed by atoms with Crippen LogP contribution in [0.25, 0.3) is 0 Å². The Morgan fingerprint density at radius 1 is 0.788 bits per heavy atom. The van der Waals surface area contributed by atoms with E-state index in [4.69, 9.17) is 9.47 Å². The molecule has 0 bridgehead atoms. The van der Waals surface area contributed by atoms with Gasteiger partial charge in [0.1, 0.15) is 11.5 Å². The van der Waals surface area contributed by atoms with Gasteiger partial charge in [-0.3, -0.25) is 9.59 Å². The van der Waals surface area contributed by atoms with Gasteiger partial charge in [0, 0.05) is 11.1 Å². The summed E-state index contributed by atoms with van der Waals surface area (Å²) < 4.78 is 11.0. The Labute approximate surface area is 228 Å². The molecule has 0 saturated heterocycles. The van der Waals surface area contributed by atoms with Crippen LogP contribution in [-0.4, -0.2) is 30.1 Å². The van der Waals surface area contributed by atoms with Crippen LogP contribution < -0.4 is 9.47 Å². The molecular formula is C25H35Br3CuO4. The number of ether oxygens (including phenoxy) is 2. The van der Waals surface area contributed by atoms with E-state index in [9.17, 15) is 9.59 Å². The number of halogens is 3.